The molecule has 0 unspecified atom stereocenters. The van der Waals surface area contributed by atoms with Crippen LogP contribution in [0.5, 0.6) is 11.5 Å². The number of nitrogens with zero attached hydrogens (tertiary/aromatic N) is 4. The van der Waals surface area contributed by atoms with E-state index in [9.17, 15) is 24.5 Å². The van der Waals surface area contributed by atoms with Crippen molar-refractivity contribution in [3.63, 3.8) is 0 Å². The Kier molecular flexibility index (Phi) is 7.25. The summed E-state index contributed by atoms with van der Waals surface area (Å²) in [4.78, 5) is 54.4. The van der Waals surface area contributed by atoms with Gasteiger partial charge in [-0.1, -0.05) is 37.7 Å². The minimum atomic E-state index is -1.21. The van der Waals surface area contributed by atoms with Gasteiger partial charge in [-0.15, -0.1) is 0 Å². The Morgan fingerprint density at radius 3 is 2.57 bits per heavy atom. The fourth-order valence-corrected chi connectivity index (χ4v) is 4.59. The van der Waals surface area contributed by atoms with E-state index in [2.05, 4.69) is 10.1 Å². The van der Waals surface area contributed by atoms with Crippen molar-refractivity contribution in [3.05, 3.63) is 62.4 Å². The highest BCUT2D eigenvalue weighted by atomic mass is 32.2. The van der Waals surface area contributed by atoms with Gasteiger partial charge in [-0.2, -0.15) is 0 Å². The van der Waals surface area contributed by atoms with Crippen LogP contribution >= 0.6 is 11.8 Å². The topological polar surface area (TPSA) is 149 Å². The summed E-state index contributed by atoms with van der Waals surface area (Å²) in [5.41, 5.74) is 0.0134. The lowest BCUT2D eigenvalue weighted by molar-refractivity contribution is -0.763. The maximum atomic E-state index is 13.4. The third kappa shape index (κ3) is 4.42. The van der Waals surface area contributed by atoms with Crippen LogP contribution in [-0.2, 0) is 9.59 Å². The van der Waals surface area contributed by atoms with Gasteiger partial charge >= 0.3 is 22.9 Å². The zero-order chi connectivity index (χ0) is 26.9. The first-order valence-corrected chi connectivity index (χ1v) is 12.6. The van der Waals surface area contributed by atoms with Gasteiger partial charge in [-0.3, -0.25) is 29.5 Å². The normalized spacial score (nSPS) is 13.9. The number of nitro benzene ring substituents is 1. The number of nitro groups is 1. The van der Waals surface area contributed by atoms with Gasteiger partial charge < -0.3 is 9.47 Å². The lowest BCUT2D eigenvalue weighted by atomic mass is 9.99. The number of H-pyrrole nitrogens is 1. The number of carbonyl (C=O) groups excluding carboxylic acids is 2. The molecule has 4 rings (SSSR count). The quantitative estimate of drug-likeness (QED) is 0.122. The Morgan fingerprint density at radius 1 is 1.22 bits per heavy atom. The number of hydrogen-bond acceptors (Lipinski definition) is 9. The molecular weight excluding hydrogens is 502 g/mol. The number of rotatable bonds is 7. The molecule has 13 heteroatoms. The van der Waals surface area contributed by atoms with E-state index >= 15 is 0 Å². The number of thioether (sulfide) groups is 1. The van der Waals surface area contributed by atoms with Gasteiger partial charge in [-0.05, 0) is 35.2 Å². The first kappa shape index (κ1) is 25.8. The highest BCUT2D eigenvalue weighted by Crippen LogP contribution is 2.45. The number of anilines is 1. The summed E-state index contributed by atoms with van der Waals surface area (Å²) in [5, 5.41) is 17.2. The van der Waals surface area contributed by atoms with Crippen LogP contribution in [-0.4, -0.2) is 40.2 Å². The molecule has 2 aromatic carbocycles. The van der Waals surface area contributed by atoms with Gasteiger partial charge in [0.15, 0.2) is 5.75 Å². The Balaban J connectivity index is 2.11. The van der Waals surface area contributed by atoms with Crippen LogP contribution in [0.15, 0.2) is 46.3 Å². The molecule has 0 fully saturated rings. The molecule has 3 aromatic rings. The Labute approximate surface area is 215 Å². The van der Waals surface area contributed by atoms with Crippen molar-refractivity contribution in [1.82, 2.24) is 10.1 Å². The highest BCUT2D eigenvalue weighted by molar-refractivity contribution is 7.98. The molecule has 37 heavy (non-hydrogen) atoms. The number of methoxy groups -OCH3 is 1. The number of carbonyl (C=O) groups is 2. The first-order valence-electron chi connectivity index (χ1n) is 11.3. The maximum Gasteiger partial charge on any atom is 0.326 e. The molecule has 0 spiro atoms. The molecule has 1 amide bonds. The zero-order valence-electron chi connectivity index (χ0n) is 20.5. The molecule has 1 aromatic heterocycles. The lowest BCUT2D eigenvalue weighted by Crippen LogP contribution is -2.61. The Hall–Kier alpha value is -4.26. The second-order valence-electron chi connectivity index (χ2n) is 7.88. The molecule has 1 atom stereocenters. The molecule has 0 saturated heterocycles. The third-order valence-corrected chi connectivity index (χ3v) is 6.40. The largest absolute Gasteiger partial charge is 0.488 e. The van der Waals surface area contributed by atoms with Crippen LogP contribution in [0.25, 0.3) is 11.3 Å². The predicted octanol–water partition coefficient (Wildman–Crippen LogP) is 2.98. The number of esters is 1. The van der Waals surface area contributed by atoms with Crippen LogP contribution in [0.2, 0.25) is 0 Å². The molecule has 0 aliphatic carbocycles. The molecule has 0 bridgehead atoms. The molecule has 12 nitrogen and oxygen atoms in total. The fraction of sp³-hybridized carbons (Fsp3) is 0.292. The summed E-state index contributed by atoms with van der Waals surface area (Å²) in [5.74, 6) is -1.38. The second-order valence-corrected chi connectivity index (χ2v) is 8.68. The average Bonchev–Trinajstić information content (AvgIpc) is 2.90. The van der Waals surface area contributed by atoms with Gasteiger partial charge in [0.25, 0.3) is 6.17 Å². The van der Waals surface area contributed by atoms with Crippen molar-refractivity contribution >= 4 is 35.0 Å². The van der Waals surface area contributed by atoms with Crippen LogP contribution in [0.3, 0.4) is 0 Å². The molecule has 2 heterocycles. The standard InChI is InChI=1S/C24H23N5O7S/c1-5-17(30)27-15-10-8-7-9-13(15)20-22(32)25-24(37-4)26-28(20)23(27)14-11-12-16(36-18(31)6-2)21(35-3)19(14)29(33)34/h7-12,23H,5-6H2,1-4H3/p+1/t23-/m1/s1. The minimum Gasteiger partial charge on any atom is -0.488 e. The molecule has 1 aliphatic heterocycles. The summed E-state index contributed by atoms with van der Waals surface area (Å²) in [6.07, 6.45) is 0.630. The number of aromatic nitrogens is 3. The van der Waals surface area contributed by atoms with Crippen molar-refractivity contribution in [2.75, 3.05) is 18.3 Å². The summed E-state index contributed by atoms with van der Waals surface area (Å²) >= 11 is 1.17. The maximum absolute atomic E-state index is 13.4. The van der Waals surface area contributed by atoms with Crippen LogP contribution in [0.1, 0.15) is 38.4 Å². The van der Waals surface area contributed by atoms with Crippen molar-refractivity contribution in [3.8, 4) is 22.8 Å². The van der Waals surface area contributed by atoms with E-state index in [1.165, 1.54) is 40.6 Å². The summed E-state index contributed by atoms with van der Waals surface area (Å²) in [6, 6.07) is 9.54. The van der Waals surface area contributed by atoms with Gasteiger partial charge in [-0.25, -0.2) is 4.90 Å². The molecular formula is C24H24N5O7S+. The monoisotopic (exact) mass is 526 g/mol. The van der Waals surface area contributed by atoms with Crippen LogP contribution < -0.4 is 24.6 Å². The molecule has 1 N–H and O–H groups in total. The Morgan fingerprint density at radius 2 is 1.95 bits per heavy atom. The third-order valence-electron chi connectivity index (χ3n) is 5.83. The second kappa shape index (κ2) is 10.4. The van der Waals surface area contributed by atoms with E-state index in [1.54, 1.807) is 44.4 Å². The Bertz CT molecular complexity index is 1470. The first-order chi connectivity index (χ1) is 17.8. The van der Waals surface area contributed by atoms with Gasteiger partial charge in [0.1, 0.15) is 5.56 Å². The van der Waals surface area contributed by atoms with Crippen molar-refractivity contribution < 1.29 is 28.7 Å². The van der Waals surface area contributed by atoms with Crippen LogP contribution in [0.4, 0.5) is 11.4 Å². The van der Waals surface area contributed by atoms with Crippen molar-refractivity contribution in [1.29, 1.82) is 0 Å². The molecule has 1 aliphatic rings. The summed E-state index contributed by atoms with van der Waals surface area (Å²) in [6.45, 7) is 3.26. The number of aromatic amines is 1. The predicted molar refractivity (Wildman–Crippen MR) is 134 cm³/mol. The molecule has 0 radical (unpaired) electrons. The lowest BCUT2D eigenvalue weighted by Gasteiger charge is -2.31. The van der Waals surface area contributed by atoms with E-state index in [1.807, 2.05) is 0 Å². The van der Waals surface area contributed by atoms with Gasteiger partial charge in [0.2, 0.25) is 16.8 Å². The van der Waals surface area contributed by atoms with Gasteiger partial charge in [0.05, 0.1) is 23.3 Å². The minimum absolute atomic E-state index is 0.0193. The number of nitrogens with one attached hydrogen (secondary N) is 1. The van der Waals surface area contributed by atoms with Crippen molar-refractivity contribution in [2.24, 2.45) is 0 Å². The summed E-state index contributed by atoms with van der Waals surface area (Å²) < 4.78 is 11.9. The zero-order valence-corrected chi connectivity index (χ0v) is 21.3. The number of ether oxygens (including phenoxy) is 2. The smallest absolute Gasteiger partial charge is 0.326 e. The summed E-state index contributed by atoms with van der Waals surface area (Å²) in [7, 11) is 1.22. The SMILES string of the molecule is CCC(=O)Oc1ccc([C@@H]2N(C(=O)CC)c3ccccc3-c3c(=O)[nH]c(SC)n[n+]32)c([N+](=O)[O-])c1OC. The van der Waals surface area contributed by atoms with E-state index in [0.29, 0.717) is 11.3 Å². The van der Waals surface area contributed by atoms with E-state index in [-0.39, 0.29) is 46.7 Å². The van der Waals surface area contributed by atoms with Crippen LogP contribution in [0, 0.1) is 10.1 Å². The number of para-hydroxylation sites is 1. The number of benzene rings is 2. The molecule has 192 valence electrons. The highest BCUT2D eigenvalue weighted by Gasteiger charge is 2.49. The average molecular weight is 527 g/mol. The fourth-order valence-electron chi connectivity index (χ4n) is 4.22. The van der Waals surface area contributed by atoms with E-state index in [0.717, 1.165) is 0 Å². The van der Waals surface area contributed by atoms with Crippen molar-refractivity contribution in [2.45, 2.75) is 38.0 Å². The number of amides is 1. The van der Waals surface area contributed by atoms with E-state index in [4.69, 9.17) is 9.47 Å². The number of hydrogen-bond donors (Lipinski definition) is 1. The number of fused-ring (bicyclic) bond motifs is 3. The van der Waals surface area contributed by atoms with E-state index < -0.39 is 28.3 Å². The van der Waals surface area contributed by atoms with Gasteiger partial charge in [0, 0.05) is 17.9 Å². The molecule has 0 saturated carbocycles.